The lowest BCUT2D eigenvalue weighted by atomic mass is 9.71. The summed E-state index contributed by atoms with van der Waals surface area (Å²) in [5.41, 5.74) is 3.54. The Bertz CT molecular complexity index is 1050. The largest absolute Gasteiger partial charge is 0.300 e. The van der Waals surface area contributed by atoms with Crippen molar-refractivity contribution in [3.63, 3.8) is 0 Å². The molecule has 0 aliphatic heterocycles. The maximum Gasteiger partial charge on any atom is 0.163 e. The summed E-state index contributed by atoms with van der Waals surface area (Å²) < 4.78 is 0. The molecule has 5 heteroatoms. The van der Waals surface area contributed by atoms with E-state index in [1.54, 1.807) is 0 Å². The van der Waals surface area contributed by atoms with Gasteiger partial charge in [0.25, 0.3) is 0 Å². The summed E-state index contributed by atoms with van der Waals surface area (Å²) in [7, 11) is 0. The molecule has 0 spiro atoms. The molecule has 0 aromatic heterocycles. The molecule has 1 aromatic carbocycles. The molecule has 1 aliphatic rings. The van der Waals surface area contributed by atoms with Crippen molar-refractivity contribution in [3.05, 3.63) is 34.4 Å². The van der Waals surface area contributed by atoms with Crippen molar-refractivity contribution in [2.24, 2.45) is 29.6 Å². The minimum Gasteiger partial charge on any atom is -0.300 e. The van der Waals surface area contributed by atoms with Crippen LogP contribution in [0.3, 0.4) is 0 Å². The molecule has 0 bridgehead atoms. The predicted molar refractivity (Wildman–Crippen MR) is 167 cm³/mol. The lowest BCUT2D eigenvalue weighted by Crippen LogP contribution is -2.30. The third kappa shape index (κ3) is 11.1. The molecule has 5 nitrogen and oxygen atoms in total. The summed E-state index contributed by atoms with van der Waals surface area (Å²) in [4.78, 5) is 63.0. The molecule has 2 rings (SSSR count). The molecule has 0 saturated carbocycles. The summed E-state index contributed by atoms with van der Waals surface area (Å²) in [5, 5.41) is 0. The van der Waals surface area contributed by atoms with Crippen molar-refractivity contribution >= 4 is 28.9 Å². The van der Waals surface area contributed by atoms with E-state index < -0.39 is 0 Å². The molecule has 1 aliphatic carbocycles. The zero-order valence-corrected chi connectivity index (χ0v) is 27.4. The Morgan fingerprint density at radius 3 is 2.07 bits per heavy atom. The topological polar surface area (TPSA) is 85.3 Å². The third-order valence-corrected chi connectivity index (χ3v) is 8.47. The first kappa shape index (κ1) is 36.6. The van der Waals surface area contributed by atoms with Gasteiger partial charge in [-0.15, -0.1) is 0 Å². The maximum atomic E-state index is 13.4. The first-order chi connectivity index (χ1) is 19.3. The van der Waals surface area contributed by atoms with Crippen molar-refractivity contribution in [2.45, 2.75) is 133 Å². The second-order valence-electron chi connectivity index (χ2n) is 12.5. The Hall–Kier alpha value is -2.43. The van der Waals surface area contributed by atoms with E-state index >= 15 is 0 Å². The highest BCUT2D eigenvalue weighted by Gasteiger charge is 2.33. The summed E-state index contributed by atoms with van der Waals surface area (Å²) in [6, 6.07) is 3.97. The fourth-order valence-electron chi connectivity index (χ4n) is 6.47. The van der Waals surface area contributed by atoms with Crippen molar-refractivity contribution in [1.82, 2.24) is 0 Å². The number of fused-ring (bicyclic) bond motifs is 1. The van der Waals surface area contributed by atoms with Gasteiger partial charge in [-0.25, -0.2) is 0 Å². The zero-order valence-electron chi connectivity index (χ0n) is 27.4. The number of carbonyl (C=O) groups excluding carboxylic acids is 5. The van der Waals surface area contributed by atoms with Crippen molar-refractivity contribution < 1.29 is 24.0 Å². The molecule has 230 valence electrons. The minimum atomic E-state index is -0.252. The van der Waals surface area contributed by atoms with Crippen molar-refractivity contribution in [3.8, 4) is 0 Å². The van der Waals surface area contributed by atoms with Gasteiger partial charge >= 0.3 is 0 Å². The summed E-state index contributed by atoms with van der Waals surface area (Å²) in [5.74, 6) is 0.304. The smallest absolute Gasteiger partial charge is 0.163 e. The molecule has 0 N–H and O–H groups in total. The van der Waals surface area contributed by atoms with Crippen LogP contribution in [0.2, 0.25) is 0 Å². The highest BCUT2D eigenvalue weighted by molar-refractivity contribution is 6.01. The first-order valence-corrected chi connectivity index (χ1v) is 16.1. The molecule has 0 amide bonds. The van der Waals surface area contributed by atoms with E-state index in [0.29, 0.717) is 19.3 Å². The number of benzene rings is 1. The summed E-state index contributed by atoms with van der Waals surface area (Å²) >= 11 is 0. The average Bonchev–Trinajstić information content (AvgIpc) is 2.88. The van der Waals surface area contributed by atoms with Crippen LogP contribution in [-0.2, 0) is 32.0 Å². The predicted octanol–water partition coefficient (Wildman–Crippen LogP) is 8.29. The minimum absolute atomic E-state index is 0.00361. The van der Waals surface area contributed by atoms with Crippen molar-refractivity contribution in [1.29, 1.82) is 0 Å². The fraction of sp³-hybridized carbons (Fsp3) is 0.694. The highest BCUT2D eigenvalue weighted by Crippen LogP contribution is 2.37. The van der Waals surface area contributed by atoms with E-state index in [1.807, 2.05) is 46.8 Å². The standard InChI is InChI=1S/C33H48O5.C3H8/c1-8-11-25(28(9-2)31(37)14-21(6)34)15-23-16-26-13-12-24(22(7)33(26)32(38)17-23)18-27(35)19-29(20(4)5)30(36)10-3;1-3-2/h12-13,20,23,25,28-29H,8-11,14-19H2,1-7H3;3H2,1-2H3. The van der Waals surface area contributed by atoms with Gasteiger partial charge in [0.05, 0.1) is 6.42 Å². The van der Waals surface area contributed by atoms with Crippen molar-refractivity contribution in [2.75, 3.05) is 0 Å². The van der Waals surface area contributed by atoms with Crippen LogP contribution in [0.25, 0.3) is 0 Å². The number of hydrogen-bond donors (Lipinski definition) is 0. The molecule has 0 heterocycles. The number of carbonyl (C=O) groups is 5. The van der Waals surface area contributed by atoms with Crippen LogP contribution in [0, 0.1) is 36.5 Å². The van der Waals surface area contributed by atoms with Crippen LogP contribution < -0.4 is 0 Å². The molecule has 0 fully saturated rings. The fourth-order valence-corrected chi connectivity index (χ4v) is 6.47. The van der Waals surface area contributed by atoms with Crippen LogP contribution in [-0.4, -0.2) is 28.9 Å². The van der Waals surface area contributed by atoms with Crippen LogP contribution in [0.5, 0.6) is 0 Å². The third-order valence-electron chi connectivity index (χ3n) is 8.47. The van der Waals surface area contributed by atoms with Gasteiger partial charge in [-0.3, -0.25) is 24.0 Å². The Labute approximate surface area is 249 Å². The Balaban J connectivity index is 0.00000268. The van der Waals surface area contributed by atoms with Crippen LogP contribution in [0.4, 0.5) is 0 Å². The SMILES string of the molecule is CCC.CCCC(CC1CC(=O)c2c(ccc(CC(=O)CC(C(=O)CC)C(C)C)c2C)C1)C(CC)C(=O)CC(C)=O. The van der Waals surface area contributed by atoms with Gasteiger partial charge in [-0.05, 0) is 67.6 Å². The summed E-state index contributed by atoms with van der Waals surface area (Å²) in [6.07, 6.45) is 6.80. The zero-order chi connectivity index (χ0) is 31.3. The first-order valence-electron chi connectivity index (χ1n) is 16.1. The molecule has 4 atom stereocenters. The van der Waals surface area contributed by atoms with Gasteiger partial charge in [0, 0.05) is 43.1 Å². The van der Waals surface area contributed by atoms with E-state index in [-0.39, 0.29) is 77.8 Å². The molecule has 41 heavy (non-hydrogen) atoms. The number of rotatable bonds is 16. The highest BCUT2D eigenvalue weighted by atomic mass is 16.2. The maximum absolute atomic E-state index is 13.4. The average molecular weight is 569 g/mol. The second kappa shape index (κ2) is 18.2. The van der Waals surface area contributed by atoms with Gasteiger partial charge in [0.1, 0.15) is 23.1 Å². The lowest BCUT2D eigenvalue weighted by Gasteiger charge is -2.32. The number of Topliss-reactive ketones (excluding diaryl/α,β-unsaturated/α-hetero) is 5. The van der Waals surface area contributed by atoms with Gasteiger partial charge in [-0.1, -0.05) is 79.9 Å². The lowest BCUT2D eigenvalue weighted by molar-refractivity contribution is -0.130. The van der Waals surface area contributed by atoms with Crippen LogP contribution in [0.1, 0.15) is 140 Å². The molecule has 0 radical (unpaired) electrons. The molecule has 0 saturated heterocycles. The van der Waals surface area contributed by atoms with E-state index in [2.05, 4.69) is 20.8 Å². The number of ketones is 5. The number of hydrogen-bond acceptors (Lipinski definition) is 5. The van der Waals surface area contributed by atoms with E-state index in [9.17, 15) is 24.0 Å². The molecular weight excluding hydrogens is 512 g/mol. The van der Waals surface area contributed by atoms with E-state index in [1.165, 1.54) is 13.3 Å². The molecule has 4 unspecified atom stereocenters. The van der Waals surface area contributed by atoms with Gasteiger partial charge < -0.3 is 0 Å². The molecule has 1 aromatic rings. The van der Waals surface area contributed by atoms with Crippen LogP contribution in [0.15, 0.2) is 12.1 Å². The molecular formula is C36H56O5. The van der Waals surface area contributed by atoms with Gasteiger partial charge in [-0.2, -0.15) is 0 Å². The van der Waals surface area contributed by atoms with Crippen LogP contribution >= 0.6 is 0 Å². The Morgan fingerprint density at radius 1 is 0.927 bits per heavy atom. The van der Waals surface area contributed by atoms with Gasteiger partial charge in [0.2, 0.25) is 0 Å². The Kier molecular flexibility index (Phi) is 16.2. The van der Waals surface area contributed by atoms with E-state index in [4.69, 9.17) is 0 Å². The van der Waals surface area contributed by atoms with Gasteiger partial charge in [0.15, 0.2) is 5.78 Å². The quantitative estimate of drug-likeness (QED) is 0.187. The second-order valence-corrected chi connectivity index (χ2v) is 12.5. The summed E-state index contributed by atoms with van der Waals surface area (Å²) in [6.45, 7) is 17.6. The monoisotopic (exact) mass is 568 g/mol. The Morgan fingerprint density at radius 2 is 1.56 bits per heavy atom. The normalized spacial score (nSPS) is 16.7. The van der Waals surface area contributed by atoms with E-state index in [0.717, 1.165) is 47.9 Å².